The van der Waals surface area contributed by atoms with Gasteiger partial charge in [-0.2, -0.15) is 0 Å². The zero-order valence-corrected chi connectivity index (χ0v) is 6.19. The average Bonchev–Trinajstić information content (AvgIpc) is 2.37. The highest BCUT2D eigenvalue weighted by Gasteiger charge is 1.95. The number of nitrogens with zero attached hydrogens (tertiary/aromatic N) is 1. The molecule has 0 spiro atoms. The SMILES string of the molecule is CN(CN)c1cccs1. The van der Waals surface area contributed by atoms with E-state index < -0.39 is 0 Å². The summed E-state index contributed by atoms with van der Waals surface area (Å²) in [6, 6.07) is 4.07. The van der Waals surface area contributed by atoms with Crippen LogP contribution in [0.3, 0.4) is 0 Å². The van der Waals surface area contributed by atoms with Crippen molar-refractivity contribution in [1.82, 2.24) is 0 Å². The number of thiophene rings is 1. The van der Waals surface area contributed by atoms with Gasteiger partial charge in [0.15, 0.2) is 0 Å². The normalized spacial score (nSPS) is 9.56. The Hall–Kier alpha value is -0.540. The Kier molecular flexibility index (Phi) is 2.08. The molecule has 0 aliphatic rings. The molecule has 3 heteroatoms. The molecule has 0 atom stereocenters. The maximum atomic E-state index is 5.40. The van der Waals surface area contributed by atoms with Crippen molar-refractivity contribution < 1.29 is 0 Å². The van der Waals surface area contributed by atoms with E-state index >= 15 is 0 Å². The first-order valence-corrected chi connectivity index (χ1v) is 3.67. The van der Waals surface area contributed by atoms with Crippen LogP contribution < -0.4 is 10.6 Å². The maximum Gasteiger partial charge on any atom is 0.0916 e. The lowest BCUT2D eigenvalue weighted by Gasteiger charge is -2.12. The molecule has 9 heavy (non-hydrogen) atoms. The molecule has 0 bridgehead atoms. The van der Waals surface area contributed by atoms with Crippen LogP contribution in [-0.4, -0.2) is 13.7 Å². The maximum absolute atomic E-state index is 5.40. The second kappa shape index (κ2) is 2.85. The van der Waals surface area contributed by atoms with Gasteiger partial charge in [-0.05, 0) is 17.5 Å². The largest absolute Gasteiger partial charge is 0.354 e. The van der Waals surface area contributed by atoms with Gasteiger partial charge in [-0.3, -0.25) is 0 Å². The Morgan fingerprint density at radius 2 is 2.56 bits per heavy atom. The fourth-order valence-corrected chi connectivity index (χ4v) is 1.29. The second-order valence-electron chi connectivity index (χ2n) is 1.83. The van der Waals surface area contributed by atoms with Gasteiger partial charge in [0, 0.05) is 7.05 Å². The van der Waals surface area contributed by atoms with Crippen LogP contribution in [0.5, 0.6) is 0 Å². The monoisotopic (exact) mass is 142 g/mol. The van der Waals surface area contributed by atoms with Crippen LogP contribution in [0.15, 0.2) is 17.5 Å². The zero-order chi connectivity index (χ0) is 6.69. The molecule has 1 heterocycles. The number of nitrogens with two attached hydrogens (primary N) is 1. The van der Waals surface area contributed by atoms with Crippen molar-refractivity contribution in [1.29, 1.82) is 0 Å². The molecule has 0 saturated carbocycles. The highest BCUT2D eigenvalue weighted by Crippen LogP contribution is 2.17. The molecular weight excluding hydrogens is 132 g/mol. The fourth-order valence-electron chi connectivity index (χ4n) is 0.577. The zero-order valence-electron chi connectivity index (χ0n) is 5.37. The molecule has 1 aromatic rings. The van der Waals surface area contributed by atoms with E-state index in [1.54, 1.807) is 11.3 Å². The van der Waals surface area contributed by atoms with Crippen molar-refractivity contribution in [2.24, 2.45) is 5.73 Å². The first kappa shape index (κ1) is 6.58. The molecule has 0 radical (unpaired) electrons. The van der Waals surface area contributed by atoms with E-state index in [0.29, 0.717) is 6.67 Å². The summed E-state index contributed by atoms with van der Waals surface area (Å²) in [5.74, 6) is 0. The van der Waals surface area contributed by atoms with Gasteiger partial charge < -0.3 is 10.6 Å². The Labute approximate surface area is 58.9 Å². The van der Waals surface area contributed by atoms with Gasteiger partial charge in [0.05, 0.1) is 11.7 Å². The van der Waals surface area contributed by atoms with Crippen molar-refractivity contribution >= 4 is 16.3 Å². The fraction of sp³-hybridized carbons (Fsp3) is 0.333. The number of hydrogen-bond acceptors (Lipinski definition) is 3. The number of anilines is 1. The van der Waals surface area contributed by atoms with Gasteiger partial charge in [-0.25, -0.2) is 0 Å². The standard InChI is InChI=1S/C6H10N2S/c1-8(5-7)6-3-2-4-9-6/h2-4H,5,7H2,1H3. The van der Waals surface area contributed by atoms with Crippen molar-refractivity contribution in [3.63, 3.8) is 0 Å². The van der Waals surface area contributed by atoms with E-state index in [1.807, 2.05) is 23.4 Å². The van der Waals surface area contributed by atoms with Gasteiger partial charge in [0.2, 0.25) is 0 Å². The first-order valence-electron chi connectivity index (χ1n) is 2.79. The molecule has 0 aliphatic heterocycles. The Balaban J connectivity index is 2.65. The van der Waals surface area contributed by atoms with Gasteiger partial charge in [0.1, 0.15) is 0 Å². The number of hydrogen-bond donors (Lipinski definition) is 1. The molecule has 0 aliphatic carbocycles. The lowest BCUT2D eigenvalue weighted by atomic mass is 10.6. The van der Waals surface area contributed by atoms with Crippen molar-refractivity contribution in [2.75, 3.05) is 18.6 Å². The average molecular weight is 142 g/mol. The molecule has 0 amide bonds. The minimum atomic E-state index is 0.584. The molecule has 50 valence electrons. The van der Waals surface area contributed by atoms with E-state index in [1.165, 1.54) is 5.00 Å². The molecule has 2 nitrogen and oxygen atoms in total. The van der Waals surface area contributed by atoms with Crippen LogP contribution in [-0.2, 0) is 0 Å². The van der Waals surface area contributed by atoms with E-state index in [9.17, 15) is 0 Å². The lowest BCUT2D eigenvalue weighted by Crippen LogP contribution is -2.23. The quantitative estimate of drug-likeness (QED) is 0.626. The summed E-state index contributed by atoms with van der Waals surface area (Å²) in [5, 5.41) is 3.26. The molecular formula is C6H10N2S. The van der Waals surface area contributed by atoms with Crippen molar-refractivity contribution in [3.05, 3.63) is 17.5 Å². The molecule has 0 aromatic carbocycles. The van der Waals surface area contributed by atoms with Crippen LogP contribution in [0.1, 0.15) is 0 Å². The minimum absolute atomic E-state index is 0.584. The van der Waals surface area contributed by atoms with Crippen molar-refractivity contribution in [2.45, 2.75) is 0 Å². The number of rotatable bonds is 2. The molecule has 0 fully saturated rings. The van der Waals surface area contributed by atoms with Crippen LogP contribution in [0, 0.1) is 0 Å². The highest BCUT2D eigenvalue weighted by atomic mass is 32.1. The van der Waals surface area contributed by atoms with Gasteiger partial charge in [-0.1, -0.05) is 0 Å². The third-order valence-corrected chi connectivity index (χ3v) is 2.14. The molecule has 1 rings (SSSR count). The molecule has 0 unspecified atom stereocenters. The van der Waals surface area contributed by atoms with Gasteiger partial charge in [0.25, 0.3) is 0 Å². The van der Waals surface area contributed by atoms with Gasteiger partial charge >= 0.3 is 0 Å². The van der Waals surface area contributed by atoms with E-state index in [4.69, 9.17) is 5.73 Å². The summed E-state index contributed by atoms with van der Waals surface area (Å²) < 4.78 is 0. The summed E-state index contributed by atoms with van der Waals surface area (Å²) in [7, 11) is 1.98. The van der Waals surface area contributed by atoms with E-state index in [-0.39, 0.29) is 0 Å². The van der Waals surface area contributed by atoms with E-state index in [2.05, 4.69) is 6.07 Å². The predicted octanol–water partition coefficient (Wildman–Crippen LogP) is 1.10. The summed E-state index contributed by atoms with van der Waals surface area (Å²) >= 11 is 1.70. The van der Waals surface area contributed by atoms with Crippen molar-refractivity contribution in [3.8, 4) is 0 Å². The van der Waals surface area contributed by atoms with Crippen LogP contribution >= 0.6 is 11.3 Å². The molecule has 0 saturated heterocycles. The minimum Gasteiger partial charge on any atom is -0.354 e. The summed E-state index contributed by atoms with van der Waals surface area (Å²) in [4.78, 5) is 2.00. The van der Waals surface area contributed by atoms with Crippen LogP contribution in [0.4, 0.5) is 5.00 Å². The summed E-state index contributed by atoms with van der Waals surface area (Å²) in [5.41, 5.74) is 5.40. The lowest BCUT2D eigenvalue weighted by molar-refractivity contribution is 0.944. The topological polar surface area (TPSA) is 29.3 Å². The predicted molar refractivity (Wildman–Crippen MR) is 41.8 cm³/mol. The molecule has 1 aromatic heterocycles. The highest BCUT2D eigenvalue weighted by molar-refractivity contribution is 7.14. The Bertz CT molecular complexity index is 160. The third kappa shape index (κ3) is 1.43. The van der Waals surface area contributed by atoms with Gasteiger partial charge in [-0.15, -0.1) is 11.3 Å². The Morgan fingerprint density at radius 1 is 1.78 bits per heavy atom. The third-order valence-electron chi connectivity index (χ3n) is 1.16. The summed E-state index contributed by atoms with van der Waals surface area (Å²) in [6.45, 7) is 0.584. The van der Waals surface area contributed by atoms with E-state index in [0.717, 1.165) is 0 Å². The van der Waals surface area contributed by atoms with Crippen LogP contribution in [0.25, 0.3) is 0 Å². The Morgan fingerprint density at radius 3 is 3.00 bits per heavy atom. The van der Waals surface area contributed by atoms with Crippen LogP contribution in [0.2, 0.25) is 0 Å². The second-order valence-corrected chi connectivity index (χ2v) is 2.76. The molecule has 2 N–H and O–H groups in total. The summed E-state index contributed by atoms with van der Waals surface area (Å²) in [6.07, 6.45) is 0. The first-order chi connectivity index (χ1) is 4.34. The smallest absolute Gasteiger partial charge is 0.0916 e.